The van der Waals surface area contributed by atoms with Crippen LogP contribution in [0.3, 0.4) is 0 Å². The maximum absolute atomic E-state index is 11.1. The topological polar surface area (TPSA) is 97.1 Å². The second-order valence-corrected chi connectivity index (χ2v) is 4.24. The molecule has 0 aliphatic heterocycles. The Kier molecular flexibility index (Phi) is 3.75. The van der Waals surface area contributed by atoms with Crippen molar-refractivity contribution < 1.29 is 9.59 Å². The van der Waals surface area contributed by atoms with E-state index in [1.165, 1.54) is 11.3 Å². The zero-order valence-corrected chi connectivity index (χ0v) is 9.22. The van der Waals surface area contributed by atoms with E-state index >= 15 is 0 Å². The maximum atomic E-state index is 11.1. The number of hydrogen-bond donors (Lipinski definition) is 3. The van der Waals surface area contributed by atoms with Crippen LogP contribution in [0.25, 0.3) is 0 Å². The smallest absolute Gasteiger partial charge is 0.323 e. The standard InChI is InChI=1S/C8H12N4O2S/c1-4-3-10-8(15-4)5(2)11-6(13)7(14)12-9/h3,5H,9H2,1-2H3,(H,11,13)(H,12,14). The number of carbonyl (C=O) groups excluding carboxylic acids is 2. The molecule has 82 valence electrons. The second-order valence-electron chi connectivity index (χ2n) is 2.98. The van der Waals surface area contributed by atoms with Crippen LogP contribution in [0.15, 0.2) is 6.20 Å². The van der Waals surface area contributed by atoms with Gasteiger partial charge in [0.25, 0.3) is 0 Å². The normalized spacial score (nSPS) is 11.9. The lowest BCUT2D eigenvalue weighted by Crippen LogP contribution is -2.43. The lowest BCUT2D eigenvalue weighted by Gasteiger charge is -2.09. The molecule has 0 fully saturated rings. The molecule has 0 aromatic carbocycles. The predicted molar refractivity (Wildman–Crippen MR) is 55.7 cm³/mol. The van der Waals surface area contributed by atoms with E-state index in [2.05, 4.69) is 10.3 Å². The van der Waals surface area contributed by atoms with Gasteiger partial charge in [0.1, 0.15) is 5.01 Å². The summed E-state index contributed by atoms with van der Waals surface area (Å²) in [7, 11) is 0. The number of aryl methyl sites for hydroxylation is 1. The quantitative estimate of drug-likeness (QED) is 0.278. The molecule has 6 nitrogen and oxygen atoms in total. The fourth-order valence-corrected chi connectivity index (χ4v) is 1.74. The van der Waals surface area contributed by atoms with Crippen molar-refractivity contribution in [1.82, 2.24) is 15.7 Å². The number of thiazole rings is 1. The molecule has 0 radical (unpaired) electrons. The molecule has 1 aromatic heterocycles. The molecule has 4 N–H and O–H groups in total. The van der Waals surface area contributed by atoms with E-state index in [-0.39, 0.29) is 6.04 Å². The van der Waals surface area contributed by atoms with Crippen LogP contribution in [0.2, 0.25) is 0 Å². The van der Waals surface area contributed by atoms with Gasteiger partial charge < -0.3 is 5.32 Å². The van der Waals surface area contributed by atoms with Gasteiger partial charge >= 0.3 is 11.8 Å². The Hall–Kier alpha value is -1.47. The van der Waals surface area contributed by atoms with E-state index in [0.29, 0.717) is 0 Å². The minimum atomic E-state index is -0.866. The van der Waals surface area contributed by atoms with Crippen molar-refractivity contribution in [3.8, 4) is 0 Å². The van der Waals surface area contributed by atoms with Gasteiger partial charge in [-0.3, -0.25) is 15.0 Å². The maximum Gasteiger partial charge on any atom is 0.323 e. The third-order valence-corrected chi connectivity index (χ3v) is 2.79. The van der Waals surface area contributed by atoms with Gasteiger partial charge in [-0.2, -0.15) is 0 Å². The number of aromatic nitrogens is 1. The first-order valence-electron chi connectivity index (χ1n) is 4.28. The fourth-order valence-electron chi connectivity index (χ4n) is 0.962. The van der Waals surface area contributed by atoms with E-state index in [9.17, 15) is 9.59 Å². The minimum absolute atomic E-state index is 0.298. The largest absolute Gasteiger partial charge is 0.339 e. The van der Waals surface area contributed by atoms with Crippen LogP contribution >= 0.6 is 11.3 Å². The van der Waals surface area contributed by atoms with Gasteiger partial charge in [0.05, 0.1) is 6.04 Å². The summed E-state index contributed by atoms with van der Waals surface area (Å²) in [5.41, 5.74) is 1.76. The molecule has 2 amide bonds. The molecule has 1 atom stereocenters. The number of nitrogens with one attached hydrogen (secondary N) is 2. The highest BCUT2D eigenvalue weighted by Gasteiger charge is 2.17. The van der Waals surface area contributed by atoms with Crippen LogP contribution in [0.5, 0.6) is 0 Å². The van der Waals surface area contributed by atoms with Gasteiger partial charge in [-0.15, -0.1) is 11.3 Å². The Morgan fingerprint density at radius 1 is 1.53 bits per heavy atom. The molecule has 0 bridgehead atoms. The summed E-state index contributed by atoms with van der Waals surface area (Å²) in [5, 5.41) is 3.23. The average Bonchev–Trinajstić information content (AvgIpc) is 2.63. The van der Waals surface area contributed by atoms with Crippen LogP contribution in [0.1, 0.15) is 22.9 Å². The van der Waals surface area contributed by atoms with Crippen LogP contribution in [-0.2, 0) is 9.59 Å². The fraction of sp³-hybridized carbons (Fsp3) is 0.375. The zero-order chi connectivity index (χ0) is 11.4. The first-order chi connectivity index (χ1) is 7.04. The monoisotopic (exact) mass is 228 g/mol. The Labute approximate surface area is 90.8 Å². The van der Waals surface area contributed by atoms with Crippen molar-refractivity contribution >= 4 is 23.2 Å². The molecule has 1 rings (SSSR count). The molecular weight excluding hydrogens is 216 g/mol. The Bertz CT molecular complexity index is 376. The highest BCUT2D eigenvalue weighted by Crippen LogP contribution is 2.18. The third-order valence-electron chi connectivity index (χ3n) is 1.69. The van der Waals surface area contributed by atoms with Crippen molar-refractivity contribution in [1.29, 1.82) is 0 Å². The molecule has 1 aromatic rings. The van der Waals surface area contributed by atoms with Gasteiger partial charge in [-0.05, 0) is 13.8 Å². The predicted octanol–water partition coefficient (Wildman–Crippen LogP) is -0.381. The van der Waals surface area contributed by atoms with Crippen LogP contribution in [0, 0.1) is 6.92 Å². The summed E-state index contributed by atoms with van der Waals surface area (Å²) in [6.45, 7) is 3.67. The van der Waals surface area contributed by atoms with Gasteiger partial charge in [0.15, 0.2) is 0 Å². The van der Waals surface area contributed by atoms with Crippen molar-refractivity contribution in [2.75, 3.05) is 0 Å². The van der Waals surface area contributed by atoms with Gasteiger partial charge in [-0.25, -0.2) is 10.8 Å². The van der Waals surface area contributed by atoms with E-state index in [1.54, 1.807) is 18.5 Å². The lowest BCUT2D eigenvalue weighted by molar-refractivity contribution is -0.139. The molecule has 0 spiro atoms. The Balaban J connectivity index is 2.60. The molecule has 0 saturated carbocycles. The highest BCUT2D eigenvalue weighted by atomic mass is 32.1. The third kappa shape index (κ3) is 3.00. The van der Waals surface area contributed by atoms with Crippen molar-refractivity contribution in [3.05, 3.63) is 16.1 Å². The molecule has 7 heteroatoms. The van der Waals surface area contributed by atoms with Gasteiger partial charge in [0.2, 0.25) is 0 Å². The van der Waals surface area contributed by atoms with Crippen LogP contribution in [0.4, 0.5) is 0 Å². The SMILES string of the molecule is Cc1cnc(C(C)NC(=O)C(=O)NN)s1. The first-order valence-corrected chi connectivity index (χ1v) is 5.10. The molecular formula is C8H12N4O2S. The second kappa shape index (κ2) is 4.85. The molecule has 0 aliphatic rings. The van der Waals surface area contributed by atoms with Crippen LogP contribution < -0.4 is 16.6 Å². The average molecular weight is 228 g/mol. The number of amides is 2. The number of nitrogens with two attached hydrogens (primary N) is 1. The first kappa shape index (κ1) is 11.6. The van der Waals surface area contributed by atoms with E-state index in [0.717, 1.165) is 9.88 Å². The molecule has 15 heavy (non-hydrogen) atoms. The summed E-state index contributed by atoms with van der Waals surface area (Å²) >= 11 is 1.47. The van der Waals surface area contributed by atoms with Crippen LogP contribution in [-0.4, -0.2) is 16.8 Å². The Morgan fingerprint density at radius 3 is 2.67 bits per heavy atom. The number of hydrogen-bond acceptors (Lipinski definition) is 5. The van der Waals surface area contributed by atoms with Crippen molar-refractivity contribution in [3.63, 3.8) is 0 Å². The summed E-state index contributed by atoms with van der Waals surface area (Å²) in [6, 6.07) is -0.298. The van der Waals surface area contributed by atoms with E-state index in [4.69, 9.17) is 5.84 Å². The van der Waals surface area contributed by atoms with Gasteiger partial charge in [-0.1, -0.05) is 0 Å². The molecule has 1 heterocycles. The minimum Gasteiger partial charge on any atom is -0.339 e. The summed E-state index contributed by atoms with van der Waals surface area (Å²) < 4.78 is 0. The summed E-state index contributed by atoms with van der Waals surface area (Å²) in [6.07, 6.45) is 1.71. The molecule has 0 aliphatic carbocycles. The summed E-state index contributed by atoms with van der Waals surface area (Å²) in [4.78, 5) is 27.1. The zero-order valence-electron chi connectivity index (χ0n) is 8.40. The van der Waals surface area contributed by atoms with Crippen molar-refractivity contribution in [2.24, 2.45) is 5.84 Å². The highest BCUT2D eigenvalue weighted by molar-refractivity contribution is 7.11. The molecule has 1 unspecified atom stereocenters. The van der Waals surface area contributed by atoms with E-state index < -0.39 is 11.8 Å². The summed E-state index contributed by atoms with van der Waals surface area (Å²) in [5.74, 6) is 3.19. The number of nitrogens with zero attached hydrogens (tertiary/aromatic N) is 1. The number of hydrazine groups is 1. The number of rotatable bonds is 2. The Morgan fingerprint density at radius 2 is 2.20 bits per heavy atom. The molecule has 0 saturated heterocycles. The van der Waals surface area contributed by atoms with Gasteiger partial charge in [0, 0.05) is 11.1 Å². The number of carbonyl (C=O) groups is 2. The van der Waals surface area contributed by atoms with E-state index in [1.807, 2.05) is 6.92 Å². The van der Waals surface area contributed by atoms with Crippen molar-refractivity contribution in [2.45, 2.75) is 19.9 Å². The lowest BCUT2D eigenvalue weighted by atomic mass is 10.3.